The third kappa shape index (κ3) is 1.39. The van der Waals surface area contributed by atoms with Crippen LogP contribution in [0.3, 0.4) is 0 Å². The summed E-state index contributed by atoms with van der Waals surface area (Å²) in [6, 6.07) is 6.19. The number of nitrogens with zero attached hydrogens (tertiary/aromatic N) is 4. The van der Waals surface area contributed by atoms with Crippen molar-refractivity contribution in [2.75, 3.05) is 6.54 Å². The predicted octanol–water partition coefficient (Wildman–Crippen LogP) is 1.42. The number of hydrogen-bond donors (Lipinski definition) is 1. The molecule has 1 unspecified atom stereocenters. The van der Waals surface area contributed by atoms with E-state index in [2.05, 4.69) is 26.4 Å². The zero-order valence-corrected chi connectivity index (χ0v) is 10.4. The number of aromatic nitrogens is 4. The fourth-order valence-electron chi connectivity index (χ4n) is 2.42. The molecule has 0 aromatic carbocycles. The first kappa shape index (κ1) is 10.2. The van der Waals surface area contributed by atoms with E-state index in [4.69, 9.17) is 0 Å². The predicted molar refractivity (Wildman–Crippen MR) is 68.7 cm³/mol. The van der Waals surface area contributed by atoms with Crippen molar-refractivity contribution >= 4 is 16.3 Å². The molecular formula is C12H11N5S. The summed E-state index contributed by atoms with van der Waals surface area (Å²) in [7, 11) is 0. The molecule has 0 spiro atoms. The molecule has 90 valence electrons. The van der Waals surface area contributed by atoms with E-state index < -0.39 is 0 Å². The summed E-state index contributed by atoms with van der Waals surface area (Å²) in [6.07, 6.45) is 4.44. The highest BCUT2D eigenvalue weighted by molar-refractivity contribution is 7.17. The monoisotopic (exact) mass is 257 g/mol. The third-order valence-electron chi connectivity index (χ3n) is 3.21. The van der Waals surface area contributed by atoms with E-state index in [-0.39, 0.29) is 6.04 Å². The Kier molecular flexibility index (Phi) is 2.18. The van der Waals surface area contributed by atoms with Crippen molar-refractivity contribution in [2.24, 2.45) is 0 Å². The lowest BCUT2D eigenvalue weighted by Crippen LogP contribution is -2.30. The minimum Gasteiger partial charge on any atom is -0.304 e. The first-order valence-electron chi connectivity index (χ1n) is 5.89. The molecule has 4 rings (SSSR count). The molecule has 0 bridgehead atoms. The zero-order valence-electron chi connectivity index (χ0n) is 9.58. The number of fused-ring (bicyclic) bond motifs is 3. The van der Waals surface area contributed by atoms with E-state index >= 15 is 0 Å². The first-order chi connectivity index (χ1) is 8.93. The van der Waals surface area contributed by atoms with Gasteiger partial charge in [0.2, 0.25) is 4.96 Å². The summed E-state index contributed by atoms with van der Waals surface area (Å²) in [5.41, 5.74) is 2.32. The largest absolute Gasteiger partial charge is 0.304 e. The van der Waals surface area contributed by atoms with E-state index in [1.54, 1.807) is 17.7 Å². The van der Waals surface area contributed by atoms with Crippen molar-refractivity contribution < 1.29 is 0 Å². The highest BCUT2D eigenvalue weighted by Crippen LogP contribution is 2.33. The van der Waals surface area contributed by atoms with Gasteiger partial charge in [-0.05, 0) is 12.1 Å². The molecule has 6 heteroatoms. The van der Waals surface area contributed by atoms with Crippen LogP contribution in [0.15, 0.2) is 30.7 Å². The average molecular weight is 257 g/mol. The maximum Gasteiger partial charge on any atom is 0.212 e. The normalized spacial score (nSPS) is 19.0. The van der Waals surface area contributed by atoms with Crippen LogP contribution in [0.5, 0.6) is 0 Å². The smallest absolute Gasteiger partial charge is 0.212 e. The zero-order chi connectivity index (χ0) is 11.9. The highest BCUT2D eigenvalue weighted by atomic mass is 32.1. The van der Waals surface area contributed by atoms with Gasteiger partial charge in [-0.15, -0.1) is 0 Å². The number of nitrogens with one attached hydrogen (secondary N) is 1. The van der Waals surface area contributed by atoms with Crippen LogP contribution in [0.4, 0.5) is 0 Å². The number of rotatable bonds is 1. The second-order valence-electron chi connectivity index (χ2n) is 4.26. The maximum absolute atomic E-state index is 4.45. The Bertz CT molecular complexity index is 687. The molecule has 0 amide bonds. The van der Waals surface area contributed by atoms with Crippen LogP contribution in [-0.4, -0.2) is 26.1 Å². The van der Waals surface area contributed by atoms with Gasteiger partial charge in [0.1, 0.15) is 6.33 Å². The fraction of sp³-hybridized carbons (Fsp3) is 0.250. The average Bonchev–Trinajstić information content (AvgIpc) is 3.00. The highest BCUT2D eigenvalue weighted by Gasteiger charge is 2.27. The van der Waals surface area contributed by atoms with Crippen molar-refractivity contribution in [1.29, 1.82) is 0 Å². The molecule has 0 aliphatic carbocycles. The molecule has 1 aliphatic rings. The third-order valence-corrected chi connectivity index (χ3v) is 4.37. The van der Waals surface area contributed by atoms with Crippen LogP contribution in [0, 0.1) is 0 Å². The molecule has 3 aromatic rings. The standard InChI is InChI=1S/C12H11N5S/c1-2-5-13-8(3-1)10-11-9(4-6-14-10)17-12(18-11)15-7-16-17/h1-3,5,7,10,14H,4,6H2. The topological polar surface area (TPSA) is 55.1 Å². The minimum atomic E-state index is 0.170. The molecule has 4 heterocycles. The second kappa shape index (κ2) is 3.86. The molecule has 1 N–H and O–H groups in total. The molecule has 1 atom stereocenters. The van der Waals surface area contributed by atoms with E-state index in [0.29, 0.717) is 0 Å². The van der Waals surface area contributed by atoms with E-state index in [0.717, 1.165) is 23.6 Å². The minimum absolute atomic E-state index is 0.170. The molecule has 0 fully saturated rings. The van der Waals surface area contributed by atoms with Gasteiger partial charge >= 0.3 is 0 Å². The first-order valence-corrected chi connectivity index (χ1v) is 6.71. The van der Waals surface area contributed by atoms with Gasteiger partial charge < -0.3 is 5.32 Å². The molecule has 0 saturated heterocycles. The van der Waals surface area contributed by atoms with Gasteiger partial charge in [-0.1, -0.05) is 17.4 Å². The van der Waals surface area contributed by atoms with Crippen molar-refractivity contribution in [3.05, 3.63) is 47.0 Å². The lowest BCUT2D eigenvalue weighted by atomic mass is 10.0. The Labute approximate surface area is 108 Å². The van der Waals surface area contributed by atoms with E-state index in [9.17, 15) is 0 Å². The Morgan fingerprint density at radius 3 is 3.22 bits per heavy atom. The summed E-state index contributed by atoms with van der Waals surface area (Å²) in [6.45, 7) is 0.944. The van der Waals surface area contributed by atoms with Crippen LogP contribution >= 0.6 is 11.3 Å². The van der Waals surface area contributed by atoms with Crippen LogP contribution in [0.2, 0.25) is 0 Å². The fourth-order valence-corrected chi connectivity index (χ4v) is 3.58. The molecule has 18 heavy (non-hydrogen) atoms. The lowest BCUT2D eigenvalue weighted by Gasteiger charge is -2.22. The van der Waals surface area contributed by atoms with Crippen LogP contribution < -0.4 is 5.32 Å². The van der Waals surface area contributed by atoms with Gasteiger partial charge in [-0.25, -0.2) is 9.50 Å². The van der Waals surface area contributed by atoms with Gasteiger partial charge in [0.05, 0.1) is 22.3 Å². The Morgan fingerprint density at radius 2 is 2.33 bits per heavy atom. The van der Waals surface area contributed by atoms with Crippen molar-refractivity contribution in [2.45, 2.75) is 12.5 Å². The van der Waals surface area contributed by atoms with Crippen molar-refractivity contribution in [3.63, 3.8) is 0 Å². The number of thiazole rings is 1. The quantitative estimate of drug-likeness (QED) is 0.716. The summed E-state index contributed by atoms with van der Waals surface area (Å²) in [5.74, 6) is 0. The van der Waals surface area contributed by atoms with Crippen LogP contribution in [-0.2, 0) is 6.42 Å². The van der Waals surface area contributed by atoms with Crippen LogP contribution in [0.25, 0.3) is 4.96 Å². The molecule has 0 saturated carbocycles. The SMILES string of the molecule is c1ccc(C2NCCc3c2sc2ncnn32)nc1. The van der Waals surface area contributed by atoms with Crippen molar-refractivity contribution in [1.82, 2.24) is 24.9 Å². The summed E-state index contributed by atoms with van der Waals surface area (Å²) < 4.78 is 1.96. The summed E-state index contributed by atoms with van der Waals surface area (Å²) in [4.78, 5) is 11.0. The number of pyridine rings is 1. The Morgan fingerprint density at radius 1 is 1.33 bits per heavy atom. The van der Waals surface area contributed by atoms with E-state index in [1.807, 2.05) is 22.8 Å². The van der Waals surface area contributed by atoms with Crippen LogP contribution in [0.1, 0.15) is 22.3 Å². The van der Waals surface area contributed by atoms with Gasteiger partial charge in [0.15, 0.2) is 0 Å². The van der Waals surface area contributed by atoms with Gasteiger partial charge in [-0.2, -0.15) is 5.10 Å². The van der Waals surface area contributed by atoms with Gasteiger partial charge in [-0.3, -0.25) is 4.98 Å². The van der Waals surface area contributed by atoms with E-state index in [1.165, 1.54) is 10.6 Å². The molecule has 0 radical (unpaired) electrons. The summed E-state index contributed by atoms with van der Waals surface area (Å²) >= 11 is 1.70. The molecule has 3 aromatic heterocycles. The van der Waals surface area contributed by atoms with Gasteiger partial charge in [0, 0.05) is 19.2 Å². The molecule has 5 nitrogen and oxygen atoms in total. The second-order valence-corrected chi connectivity index (χ2v) is 5.27. The van der Waals surface area contributed by atoms with Gasteiger partial charge in [0.25, 0.3) is 0 Å². The lowest BCUT2D eigenvalue weighted by molar-refractivity contribution is 0.552. The Hall–Kier alpha value is -1.79. The summed E-state index contributed by atoms with van der Waals surface area (Å²) in [5, 5.41) is 7.81. The molecule has 1 aliphatic heterocycles. The maximum atomic E-state index is 4.45. The Balaban J connectivity index is 1.89. The number of hydrogen-bond acceptors (Lipinski definition) is 5. The molecular weight excluding hydrogens is 246 g/mol. The van der Waals surface area contributed by atoms with Crippen molar-refractivity contribution in [3.8, 4) is 0 Å².